The van der Waals surface area contributed by atoms with Gasteiger partial charge in [0.05, 0.1) is 22.6 Å². The first-order chi connectivity index (χ1) is 14.2. The van der Waals surface area contributed by atoms with Gasteiger partial charge in [-0.15, -0.1) is 11.3 Å². The van der Waals surface area contributed by atoms with Crippen molar-refractivity contribution < 1.29 is 18.3 Å². The Kier molecular flexibility index (Phi) is 8.10. The highest BCUT2D eigenvalue weighted by atomic mass is 32.1. The molecule has 0 aliphatic carbocycles. The van der Waals surface area contributed by atoms with Crippen molar-refractivity contribution in [2.45, 2.75) is 65.2 Å². The number of halogens is 2. The van der Waals surface area contributed by atoms with E-state index in [1.807, 2.05) is 12.1 Å². The van der Waals surface area contributed by atoms with Crippen LogP contribution in [0.5, 0.6) is 11.5 Å². The predicted octanol–water partition coefficient (Wildman–Crippen LogP) is 8.25. The average Bonchev–Trinajstić information content (AvgIpc) is 3.11. The maximum Gasteiger partial charge on any atom is 0.182 e. The zero-order valence-electron chi connectivity index (χ0n) is 17.4. The highest BCUT2D eigenvalue weighted by molar-refractivity contribution is 7.25. The molecule has 0 N–H and O–H groups in total. The molecule has 0 radical (unpaired) electrons. The molecule has 0 unspecified atom stereocenters. The molecule has 2 nitrogen and oxygen atoms in total. The Morgan fingerprint density at radius 3 is 1.52 bits per heavy atom. The van der Waals surface area contributed by atoms with Crippen LogP contribution in [0, 0.1) is 11.6 Å². The molecule has 5 heteroatoms. The van der Waals surface area contributed by atoms with Crippen LogP contribution in [0.4, 0.5) is 8.78 Å². The summed E-state index contributed by atoms with van der Waals surface area (Å²) in [5.74, 6) is -0.317. The van der Waals surface area contributed by atoms with Crippen LogP contribution < -0.4 is 9.47 Å². The minimum atomic E-state index is -0.402. The summed E-state index contributed by atoms with van der Waals surface area (Å²) >= 11 is 1.13. The largest absolute Gasteiger partial charge is 0.490 e. The molecule has 0 fully saturated rings. The van der Waals surface area contributed by atoms with E-state index in [0.29, 0.717) is 33.4 Å². The van der Waals surface area contributed by atoms with Crippen LogP contribution in [0.25, 0.3) is 20.2 Å². The maximum absolute atomic E-state index is 15.0. The van der Waals surface area contributed by atoms with Crippen molar-refractivity contribution in [3.05, 3.63) is 35.9 Å². The van der Waals surface area contributed by atoms with Crippen LogP contribution in [0.1, 0.15) is 65.2 Å². The minimum absolute atomic E-state index is 0.244. The summed E-state index contributed by atoms with van der Waals surface area (Å²) in [7, 11) is 0. The van der Waals surface area contributed by atoms with Crippen LogP contribution in [0.2, 0.25) is 0 Å². The molecular formula is C24H30F2O2S. The van der Waals surface area contributed by atoms with Crippen LogP contribution in [-0.2, 0) is 0 Å². The van der Waals surface area contributed by atoms with Gasteiger partial charge < -0.3 is 9.47 Å². The lowest BCUT2D eigenvalue weighted by molar-refractivity contribution is 0.292. The lowest BCUT2D eigenvalue weighted by atomic mass is 10.1. The van der Waals surface area contributed by atoms with Crippen LogP contribution >= 0.6 is 11.3 Å². The van der Waals surface area contributed by atoms with E-state index < -0.39 is 11.6 Å². The van der Waals surface area contributed by atoms with Crippen molar-refractivity contribution in [2.75, 3.05) is 13.2 Å². The first-order valence-electron chi connectivity index (χ1n) is 10.8. The number of thiophene rings is 1. The first kappa shape index (κ1) is 21.8. The monoisotopic (exact) mass is 420 g/mol. The Morgan fingerprint density at radius 2 is 1.10 bits per heavy atom. The second kappa shape index (κ2) is 10.8. The summed E-state index contributed by atoms with van der Waals surface area (Å²) in [6.45, 7) is 5.30. The predicted molar refractivity (Wildman–Crippen MR) is 119 cm³/mol. The number of unbranched alkanes of at least 4 members (excludes halogenated alkanes) is 6. The van der Waals surface area contributed by atoms with E-state index in [-0.39, 0.29) is 11.5 Å². The summed E-state index contributed by atoms with van der Waals surface area (Å²) in [6, 6.07) is 6.95. The fraction of sp³-hybridized carbons (Fsp3) is 0.500. The van der Waals surface area contributed by atoms with Crippen LogP contribution in [0.15, 0.2) is 24.3 Å². The van der Waals surface area contributed by atoms with Crippen molar-refractivity contribution >= 4 is 31.5 Å². The van der Waals surface area contributed by atoms with Gasteiger partial charge in [-0.05, 0) is 37.1 Å². The minimum Gasteiger partial charge on any atom is -0.490 e. The van der Waals surface area contributed by atoms with Crippen molar-refractivity contribution in [1.82, 2.24) is 0 Å². The van der Waals surface area contributed by atoms with Gasteiger partial charge in [-0.25, -0.2) is 8.78 Å². The molecule has 3 rings (SSSR count). The highest BCUT2D eigenvalue weighted by Gasteiger charge is 2.18. The number of hydrogen-bond donors (Lipinski definition) is 0. The second-order valence-electron chi connectivity index (χ2n) is 7.43. The molecule has 0 aliphatic heterocycles. The molecule has 0 amide bonds. The fourth-order valence-electron chi connectivity index (χ4n) is 3.45. The normalized spacial score (nSPS) is 11.4. The number of hydrogen-bond acceptors (Lipinski definition) is 3. The summed E-state index contributed by atoms with van der Waals surface area (Å²) in [4.78, 5) is 0. The number of rotatable bonds is 12. The zero-order chi connectivity index (χ0) is 20.6. The lowest BCUT2D eigenvalue weighted by Gasteiger charge is -2.08. The van der Waals surface area contributed by atoms with Crippen molar-refractivity contribution in [3.8, 4) is 11.5 Å². The standard InChI is InChI=1S/C24H30F2O2S/c1-3-5-7-9-15-27-19-13-11-17-18-12-14-20(28-16-10-8-6-4-2)22(26)24(18)29-23(17)21(19)25/h11-14H,3-10,15-16H2,1-2H3. The summed E-state index contributed by atoms with van der Waals surface area (Å²) < 4.78 is 42.1. The first-order valence-corrected chi connectivity index (χ1v) is 11.6. The molecule has 0 bridgehead atoms. The van der Waals surface area contributed by atoms with E-state index in [0.717, 1.165) is 62.7 Å². The molecule has 0 aliphatic rings. The van der Waals surface area contributed by atoms with Gasteiger partial charge in [-0.1, -0.05) is 52.4 Å². The van der Waals surface area contributed by atoms with E-state index in [9.17, 15) is 8.78 Å². The molecule has 158 valence electrons. The third-order valence-corrected chi connectivity index (χ3v) is 6.34. The lowest BCUT2D eigenvalue weighted by Crippen LogP contribution is -1.99. The van der Waals surface area contributed by atoms with Gasteiger partial charge in [0.2, 0.25) is 0 Å². The molecule has 29 heavy (non-hydrogen) atoms. The van der Waals surface area contributed by atoms with Gasteiger partial charge in [-0.2, -0.15) is 0 Å². The Balaban J connectivity index is 1.77. The van der Waals surface area contributed by atoms with Gasteiger partial charge in [0.25, 0.3) is 0 Å². The molecule has 0 saturated heterocycles. The number of benzene rings is 2. The summed E-state index contributed by atoms with van der Waals surface area (Å²) in [5, 5.41) is 1.43. The van der Waals surface area contributed by atoms with E-state index >= 15 is 0 Å². The van der Waals surface area contributed by atoms with Gasteiger partial charge in [-0.3, -0.25) is 0 Å². The average molecular weight is 421 g/mol. The second-order valence-corrected chi connectivity index (χ2v) is 8.45. The molecular weight excluding hydrogens is 390 g/mol. The highest BCUT2D eigenvalue weighted by Crippen LogP contribution is 2.41. The Morgan fingerprint density at radius 1 is 0.655 bits per heavy atom. The molecule has 0 saturated carbocycles. The summed E-state index contributed by atoms with van der Waals surface area (Å²) in [5.41, 5.74) is 0. The Bertz CT molecular complexity index is 861. The third kappa shape index (κ3) is 5.19. The van der Waals surface area contributed by atoms with Crippen molar-refractivity contribution in [3.63, 3.8) is 0 Å². The molecule has 0 atom stereocenters. The number of fused-ring (bicyclic) bond motifs is 3. The third-order valence-electron chi connectivity index (χ3n) is 5.13. The van der Waals surface area contributed by atoms with Crippen LogP contribution in [-0.4, -0.2) is 13.2 Å². The van der Waals surface area contributed by atoms with Crippen LogP contribution in [0.3, 0.4) is 0 Å². The molecule has 2 aromatic carbocycles. The SMILES string of the molecule is CCCCCCOc1ccc2c(sc3c(F)c(OCCCCCC)ccc32)c1F. The number of ether oxygens (including phenoxy) is 2. The summed E-state index contributed by atoms with van der Waals surface area (Å²) in [6.07, 6.45) is 8.59. The quantitative estimate of drug-likeness (QED) is 0.275. The van der Waals surface area contributed by atoms with E-state index in [1.54, 1.807) is 12.1 Å². The molecule has 0 spiro atoms. The zero-order valence-corrected chi connectivity index (χ0v) is 18.2. The van der Waals surface area contributed by atoms with Gasteiger partial charge in [0, 0.05) is 10.8 Å². The van der Waals surface area contributed by atoms with Gasteiger partial charge >= 0.3 is 0 Å². The van der Waals surface area contributed by atoms with Gasteiger partial charge in [0.15, 0.2) is 23.1 Å². The Labute approximate surface area is 175 Å². The van der Waals surface area contributed by atoms with E-state index in [2.05, 4.69) is 13.8 Å². The van der Waals surface area contributed by atoms with Gasteiger partial charge in [0.1, 0.15) is 0 Å². The Hall–Kier alpha value is -1.88. The molecule has 1 heterocycles. The van der Waals surface area contributed by atoms with Crippen molar-refractivity contribution in [2.24, 2.45) is 0 Å². The fourth-order valence-corrected chi connectivity index (χ4v) is 4.61. The van der Waals surface area contributed by atoms with E-state index in [1.165, 1.54) is 0 Å². The smallest absolute Gasteiger partial charge is 0.182 e. The van der Waals surface area contributed by atoms with E-state index in [4.69, 9.17) is 9.47 Å². The van der Waals surface area contributed by atoms with Crippen molar-refractivity contribution in [1.29, 1.82) is 0 Å². The molecule has 1 aromatic heterocycles. The maximum atomic E-state index is 15.0. The topological polar surface area (TPSA) is 18.5 Å². The molecule has 3 aromatic rings.